The lowest BCUT2D eigenvalue weighted by molar-refractivity contribution is -0.131. The molecule has 4 nitrogen and oxygen atoms in total. The quantitative estimate of drug-likeness (QED) is 0.871. The molecule has 1 rings (SSSR count). The second kappa shape index (κ2) is 7.01. The van der Waals surface area contributed by atoms with Gasteiger partial charge in [0.2, 0.25) is 5.91 Å². The monoisotopic (exact) mass is 283 g/mol. The summed E-state index contributed by atoms with van der Waals surface area (Å²) in [5.74, 6) is 0.637. The highest BCUT2D eigenvalue weighted by Gasteiger charge is 2.21. The molecular formula is C14H25N3OS. The average molecular weight is 283 g/mol. The van der Waals surface area contributed by atoms with Crippen LogP contribution in [0.4, 0.5) is 0 Å². The molecule has 0 aliphatic heterocycles. The molecule has 0 aliphatic carbocycles. The molecule has 0 aliphatic rings. The summed E-state index contributed by atoms with van der Waals surface area (Å²) >= 11 is 1.70. The highest BCUT2D eigenvalue weighted by Crippen LogP contribution is 2.17. The van der Waals surface area contributed by atoms with Gasteiger partial charge in [-0.05, 0) is 26.2 Å². The molecule has 1 amide bonds. The van der Waals surface area contributed by atoms with Crippen molar-refractivity contribution in [1.29, 1.82) is 0 Å². The SMILES string of the molecule is Cc1nc(C)c(CNC(CC(C)C)C(=O)N(C)C)s1. The number of hydrogen-bond donors (Lipinski definition) is 1. The van der Waals surface area contributed by atoms with Crippen molar-refractivity contribution in [2.24, 2.45) is 5.92 Å². The first-order valence-electron chi connectivity index (χ1n) is 6.68. The fourth-order valence-corrected chi connectivity index (χ4v) is 2.90. The predicted molar refractivity (Wildman–Crippen MR) is 80.4 cm³/mol. The van der Waals surface area contributed by atoms with Gasteiger partial charge in [0, 0.05) is 25.5 Å². The number of hydrogen-bond acceptors (Lipinski definition) is 4. The molecule has 1 unspecified atom stereocenters. The van der Waals surface area contributed by atoms with E-state index in [-0.39, 0.29) is 11.9 Å². The molecule has 1 N–H and O–H groups in total. The number of nitrogens with one attached hydrogen (secondary N) is 1. The van der Waals surface area contributed by atoms with Crippen LogP contribution in [-0.2, 0) is 11.3 Å². The van der Waals surface area contributed by atoms with Crippen LogP contribution in [0.5, 0.6) is 0 Å². The first kappa shape index (κ1) is 16.1. The molecule has 0 aromatic carbocycles. The van der Waals surface area contributed by atoms with Crippen molar-refractivity contribution in [2.45, 2.75) is 46.7 Å². The molecule has 0 saturated heterocycles. The number of rotatable bonds is 6. The van der Waals surface area contributed by atoms with Gasteiger partial charge in [-0.25, -0.2) is 4.98 Å². The molecule has 1 aromatic heterocycles. The van der Waals surface area contributed by atoms with Gasteiger partial charge >= 0.3 is 0 Å². The molecule has 0 radical (unpaired) electrons. The number of aryl methyl sites for hydroxylation is 2. The third kappa shape index (κ3) is 4.91. The Hall–Kier alpha value is -0.940. The Bertz CT molecular complexity index is 426. The van der Waals surface area contributed by atoms with Crippen molar-refractivity contribution in [1.82, 2.24) is 15.2 Å². The second-order valence-corrected chi connectivity index (χ2v) is 6.82. The highest BCUT2D eigenvalue weighted by molar-refractivity contribution is 7.11. The van der Waals surface area contributed by atoms with Gasteiger partial charge in [0.15, 0.2) is 0 Å². The summed E-state index contributed by atoms with van der Waals surface area (Å²) in [6.07, 6.45) is 0.855. The summed E-state index contributed by atoms with van der Waals surface area (Å²) in [7, 11) is 3.61. The van der Waals surface area contributed by atoms with Gasteiger partial charge in [-0.1, -0.05) is 13.8 Å². The van der Waals surface area contributed by atoms with Gasteiger partial charge in [0.25, 0.3) is 0 Å². The van der Waals surface area contributed by atoms with Crippen LogP contribution in [0.15, 0.2) is 0 Å². The van der Waals surface area contributed by atoms with Gasteiger partial charge in [-0.2, -0.15) is 0 Å². The third-order valence-corrected chi connectivity index (χ3v) is 4.03. The maximum absolute atomic E-state index is 12.1. The second-order valence-electron chi connectivity index (χ2n) is 5.54. The lowest BCUT2D eigenvalue weighted by Gasteiger charge is -2.23. The number of amides is 1. The zero-order valence-electron chi connectivity index (χ0n) is 12.8. The lowest BCUT2D eigenvalue weighted by atomic mass is 10.0. The summed E-state index contributed by atoms with van der Waals surface area (Å²) < 4.78 is 0. The van der Waals surface area contributed by atoms with E-state index in [2.05, 4.69) is 24.1 Å². The van der Waals surface area contributed by atoms with Crippen molar-refractivity contribution in [3.05, 3.63) is 15.6 Å². The third-order valence-electron chi connectivity index (χ3n) is 2.95. The minimum absolute atomic E-state index is 0.114. The zero-order chi connectivity index (χ0) is 14.6. The molecule has 1 atom stereocenters. The molecule has 108 valence electrons. The molecular weight excluding hydrogens is 258 g/mol. The summed E-state index contributed by atoms with van der Waals surface area (Å²) in [5.41, 5.74) is 1.07. The average Bonchev–Trinajstić information content (AvgIpc) is 2.61. The van der Waals surface area contributed by atoms with E-state index >= 15 is 0 Å². The fourth-order valence-electron chi connectivity index (χ4n) is 2.01. The highest BCUT2D eigenvalue weighted by atomic mass is 32.1. The molecule has 0 fully saturated rings. The first-order chi connectivity index (χ1) is 8.81. The van der Waals surface area contributed by atoms with Crippen LogP contribution in [0, 0.1) is 19.8 Å². The van der Waals surface area contributed by atoms with E-state index in [0.29, 0.717) is 12.5 Å². The summed E-state index contributed by atoms with van der Waals surface area (Å²) in [5, 5.41) is 4.46. The Balaban J connectivity index is 2.67. The maximum atomic E-state index is 12.1. The van der Waals surface area contributed by atoms with Gasteiger partial charge in [-0.15, -0.1) is 11.3 Å². The van der Waals surface area contributed by atoms with Crippen molar-refractivity contribution < 1.29 is 4.79 Å². The fraction of sp³-hybridized carbons (Fsp3) is 0.714. The smallest absolute Gasteiger partial charge is 0.239 e. The molecule has 1 heterocycles. The van der Waals surface area contributed by atoms with Crippen LogP contribution in [0.1, 0.15) is 35.8 Å². The zero-order valence-corrected chi connectivity index (χ0v) is 13.6. The van der Waals surface area contributed by atoms with Crippen LogP contribution in [0.25, 0.3) is 0 Å². The number of aromatic nitrogens is 1. The van der Waals surface area contributed by atoms with Crippen molar-refractivity contribution in [3.8, 4) is 0 Å². The summed E-state index contributed by atoms with van der Waals surface area (Å²) in [4.78, 5) is 19.4. The van der Waals surface area contributed by atoms with Gasteiger partial charge in [-0.3, -0.25) is 4.79 Å². The predicted octanol–water partition coefficient (Wildman–Crippen LogP) is 2.35. The van der Waals surface area contributed by atoms with E-state index in [9.17, 15) is 4.79 Å². The Labute approximate surface area is 120 Å². The number of nitrogens with zero attached hydrogens (tertiary/aromatic N) is 2. The molecule has 0 saturated carbocycles. The molecule has 19 heavy (non-hydrogen) atoms. The van der Waals surface area contributed by atoms with E-state index in [1.165, 1.54) is 4.88 Å². The van der Waals surface area contributed by atoms with Crippen LogP contribution in [0.2, 0.25) is 0 Å². The van der Waals surface area contributed by atoms with E-state index in [0.717, 1.165) is 17.1 Å². The van der Waals surface area contributed by atoms with Crippen LogP contribution in [-0.4, -0.2) is 35.9 Å². The van der Waals surface area contributed by atoms with E-state index < -0.39 is 0 Å². The maximum Gasteiger partial charge on any atom is 0.239 e. The number of likely N-dealkylation sites (N-methyl/N-ethyl adjacent to an activating group) is 1. The summed E-state index contributed by atoms with van der Waals surface area (Å²) in [6.45, 7) is 9.03. The number of carbonyl (C=O) groups is 1. The Kier molecular flexibility index (Phi) is 5.94. The molecule has 1 aromatic rings. The minimum Gasteiger partial charge on any atom is -0.347 e. The first-order valence-corrected chi connectivity index (χ1v) is 7.50. The van der Waals surface area contributed by atoms with Crippen molar-refractivity contribution in [2.75, 3.05) is 14.1 Å². The van der Waals surface area contributed by atoms with Gasteiger partial charge in [0.05, 0.1) is 16.7 Å². The number of thiazole rings is 1. The van der Waals surface area contributed by atoms with Gasteiger partial charge in [0.1, 0.15) is 0 Å². The molecule has 0 spiro atoms. The van der Waals surface area contributed by atoms with Crippen LogP contribution < -0.4 is 5.32 Å². The number of carbonyl (C=O) groups excluding carboxylic acids is 1. The lowest BCUT2D eigenvalue weighted by Crippen LogP contribution is -2.44. The summed E-state index contributed by atoms with van der Waals surface area (Å²) in [6, 6.07) is -0.114. The van der Waals surface area contributed by atoms with Crippen molar-refractivity contribution >= 4 is 17.2 Å². The van der Waals surface area contributed by atoms with E-state index in [1.807, 2.05) is 13.8 Å². The Morgan fingerprint density at radius 1 is 1.37 bits per heavy atom. The van der Waals surface area contributed by atoms with Crippen LogP contribution in [0.3, 0.4) is 0 Å². The Morgan fingerprint density at radius 2 is 2.00 bits per heavy atom. The van der Waals surface area contributed by atoms with E-state index in [1.54, 1.807) is 30.3 Å². The standard InChI is InChI=1S/C14H25N3OS/c1-9(2)7-12(14(18)17(5)6)15-8-13-10(3)16-11(4)19-13/h9,12,15H,7-8H2,1-6H3. The minimum atomic E-state index is -0.114. The molecule has 0 bridgehead atoms. The Morgan fingerprint density at radius 3 is 2.42 bits per heavy atom. The van der Waals surface area contributed by atoms with Crippen molar-refractivity contribution in [3.63, 3.8) is 0 Å². The van der Waals surface area contributed by atoms with Gasteiger partial charge < -0.3 is 10.2 Å². The normalized spacial score (nSPS) is 12.8. The topological polar surface area (TPSA) is 45.2 Å². The largest absolute Gasteiger partial charge is 0.347 e. The van der Waals surface area contributed by atoms with E-state index in [4.69, 9.17) is 0 Å². The van der Waals surface area contributed by atoms with Crippen LogP contribution >= 0.6 is 11.3 Å². The molecule has 5 heteroatoms.